The first kappa shape index (κ1) is 9.56. The first-order chi connectivity index (χ1) is 5.97. The van der Waals surface area contributed by atoms with Crippen LogP contribution in [0, 0.1) is 11.8 Å². The molecule has 1 heterocycles. The molecular formula is C10H12N2O. The van der Waals surface area contributed by atoms with Crippen LogP contribution >= 0.6 is 0 Å². The maximum atomic E-state index is 9.31. The average molecular weight is 176 g/mol. The third-order valence-electron chi connectivity index (χ3n) is 1.28. The van der Waals surface area contributed by atoms with E-state index in [0.29, 0.717) is 11.4 Å². The standard InChI is InChI=1S/C10H12N2O/c1-10(2,13)6-5-9-4-3-8(11)7-12-9/h3-4,7,13H,11H2,1-2H3. The van der Waals surface area contributed by atoms with Crippen molar-refractivity contribution in [2.75, 3.05) is 5.73 Å². The molecule has 0 saturated heterocycles. The highest BCUT2D eigenvalue weighted by Gasteiger charge is 2.05. The van der Waals surface area contributed by atoms with Crippen LogP contribution in [0.15, 0.2) is 18.3 Å². The number of rotatable bonds is 0. The van der Waals surface area contributed by atoms with Crippen molar-refractivity contribution in [1.29, 1.82) is 0 Å². The minimum Gasteiger partial charge on any atom is -0.397 e. The quantitative estimate of drug-likeness (QED) is 0.574. The molecule has 3 heteroatoms. The Kier molecular flexibility index (Phi) is 2.54. The molecule has 68 valence electrons. The van der Waals surface area contributed by atoms with Gasteiger partial charge in [0.15, 0.2) is 0 Å². The van der Waals surface area contributed by atoms with Crippen LogP contribution in [0.1, 0.15) is 19.5 Å². The molecule has 0 atom stereocenters. The van der Waals surface area contributed by atoms with Gasteiger partial charge in [-0.2, -0.15) is 0 Å². The minimum atomic E-state index is -0.983. The summed E-state index contributed by atoms with van der Waals surface area (Å²) in [6.07, 6.45) is 1.54. The molecule has 0 aliphatic carbocycles. The highest BCUT2D eigenvalue weighted by Crippen LogP contribution is 2.01. The lowest BCUT2D eigenvalue weighted by Crippen LogP contribution is -2.14. The monoisotopic (exact) mass is 176 g/mol. The topological polar surface area (TPSA) is 59.1 Å². The Bertz CT molecular complexity index is 338. The number of aliphatic hydroxyl groups is 1. The SMILES string of the molecule is CC(C)(O)C#Cc1ccc(N)cn1. The molecule has 1 aromatic rings. The molecular weight excluding hydrogens is 164 g/mol. The van der Waals surface area contributed by atoms with Crippen molar-refractivity contribution in [1.82, 2.24) is 4.98 Å². The fourth-order valence-corrected chi connectivity index (χ4v) is 0.696. The number of nitrogen functional groups attached to an aromatic ring is 1. The maximum Gasteiger partial charge on any atom is 0.120 e. The smallest absolute Gasteiger partial charge is 0.120 e. The summed E-state index contributed by atoms with van der Waals surface area (Å²) >= 11 is 0. The minimum absolute atomic E-state index is 0.605. The average Bonchev–Trinajstić information content (AvgIpc) is 2.02. The second-order valence-corrected chi connectivity index (χ2v) is 3.29. The van der Waals surface area contributed by atoms with Crippen LogP contribution in [0.2, 0.25) is 0 Å². The van der Waals surface area contributed by atoms with E-state index in [1.807, 2.05) is 0 Å². The van der Waals surface area contributed by atoms with Gasteiger partial charge in [0.1, 0.15) is 11.3 Å². The summed E-state index contributed by atoms with van der Waals surface area (Å²) in [5.41, 5.74) is 5.68. The third-order valence-corrected chi connectivity index (χ3v) is 1.28. The zero-order valence-electron chi connectivity index (χ0n) is 7.70. The molecule has 0 saturated carbocycles. The molecule has 0 aliphatic heterocycles. The highest BCUT2D eigenvalue weighted by atomic mass is 16.3. The summed E-state index contributed by atoms with van der Waals surface area (Å²) < 4.78 is 0. The van der Waals surface area contributed by atoms with E-state index >= 15 is 0 Å². The lowest BCUT2D eigenvalue weighted by atomic mass is 10.1. The van der Waals surface area contributed by atoms with Crippen LogP contribution in [0.4, 0.5) is 5.69 Å². The molecule has 1 rings (SSSR count). The van der Waals surface area contributed by atoms with Crippen LogP contribution in [-0.4, -0.2) is 15.7 Å². The summed E-state index contributed by atoms with van der Waals surface area (Å²) in [5.74, 6) is 5.40. The molecule has 13 heavy (non-hydrogen) atoms. The molecule has 3 nitrogen and oxygen atoms in total. The van der Waals surface area contributed by atoms with Crippen LogP contribution in [0.5, 0.6) is 0 Å². The van der Waals surface area contributed by atoms with Crippen molar-refractivity contribution >= 4 is 5.69 Å². The Hall–Kier alpha value is -1.53. The summed E-state index contributed by atoms with van der Waals surface area (Å²) in [6.45, 7) is 3.24. The second kappa shape index (κ2) is 3.46. The summed E-state index contributed by atoms with van der Waals surface area (Å²) in [7, 11) is 0. The zero-order chi connectivity index (χ0) is 9.90. The van der Waals surface area contributed by atoms with Crippen molar-refractivity contribution in [2.24, 2.45) is 0 Å². The Labute approximate surface area is 77.6 Å². The van der Waals surface area contributed by atoms with E-state index in [9.17, 15) is 5.11 Å². The van der Waals surface area contributed by atoms with Gasteiger partial charge in [0.25, 0.3) is 0 Å². The van der Waals surface area contributed by atoms with E-state index in [-0.39, 0.29) is 0 Å². The molecule has 1 aromatic heterocycles. The fourth-order valence-electron chi connectivity index (χ4n) is 0.696. The van der Waals surface area contributed by atoms with Gasteiger partial charge < -0.3 is 10.8 Å². The van der Waals surface area contributed by atoms with Gasteiger partial charge >= 0.3 is 0 Å². The van der Waals surface area contributed by atoms with Crippen molar-refractivity contribution < 1.29 is 5.11 Å². The molecule has 0 unspecified atom stereocenters. The lowest BCUT2D eigenvalue weighted by molar-refractivity contribution is 0.143. The van der Waals surface area contributed by atoms with Crippen LogP contribution in [0.25, 0.3) is 0 Å². The van der Waals surface area contributed by atoms with Gasteiger partial charge in [-0.3, -0.25) is 0 Å². The number of aromatic nitrogens is 1. The Morgan fingerprint density at radius 2 is 2.15 bits per heavy atom. The van der Waals surface area contributed by atoms with E-state index in [1.54, 1.807) is 26.0 Å². The van der Waals surface area contributed by atoms with Crippen molar-refractivity contribution in [3.05, 3.63) is 24.0 Å². The van der Waals surface area contributed by atoms with Crippen molar-refractivity contribution in [3.8, 4) is 11.8 Å². The number of anilines is 1. The first-order valence-corrected chi connectivity index (χ1v) is 3.94. The molecule has 3 N–H and O–H groups in total. The molecule has 0 bridgehead atoms. The van der Waals surface area contributed by atoms with Crippen LogP contribution in [-0.2, 0) is 0 Å². The summed E-state index contributed by atoms with van der Waals surface area (Å²) in [4.78, 5) is 3.97. The summed E-state index contributed by atoms with van der Waals surface area (Å²) in [6, 6.07) is 3.44. The van der Waals surface area contributed by atoms with E-state index < -0.39 is 5.60 Å². The Morgan fingerprint density at radius 3 is 2.62 bits per heavy atom. The van der Waals surface area contributed by atoms with Crippen LogP contribution < -0.4 is 5.73 Å². The molecule has 0 aromatic carbocycles. The molecule has 0 spiro atoms. The Balaban J connectivity index is 2.85. The summed E-state index contributed by atoms with van der Waals surface area (Å²) in [5, 5.41) is 9.31. The lowest BCUT2D eigenvalue weighted by Gasteiger charge is -2.05. The normalized spacial score (nSPS) is 10.4. The number of pyridine rings is 1. The number of hydrogen-bond donors (Lipinski definition) is 2. The predicted octanol–water partition coefficient (Wildman–Crippen LogP) is 0.786. The highest BCUT2D eigenvalue weighted by molar-refractivity contribution is 5.39. The van der Waals surface area contributed by atoms with Crippen molar-refractivity contribution in [2.45, 2.75) is 19.4 Å². The maximum absolute atomic E-state index is 9.31. The van der Waals surface area contributed by atoms with Gasteiger partial charge in [0.05, 0.1) is 11.9 Å². The third kappa shape index (κ3) is 3.59. The largest absolute Gasteiger partial charge is 0.397 e. The fraction of sp³-hybridized carbons (Fsp3) is 0.300. The Morgan fingerprint density at radius 1 is 1.46 bits per heavy atom. The van der Waals surface area contributed by atoms with Crippen LogP contribution in [0.3, 0.4) is 0 Å². The van der Waals surface area contributed by atoms with Gasteiger partial charge in [0.2, 0.25) is 0 Å². The van der Waals surface area contributed by atoms with E-state index in [2.05, 4.69) is 16.8 Å². The second-order valence-electron chi connectivity index (χ2n) is 3.29. The predicted molar refractivity (Wildman–Crippen MR) is 51.8 cm³/mol. The van der Waals surface area contributed by atoms with Gasteiger partial charge in [-0.1, -0.05) is 5.92 Å². The van der Waals surface area contributed by atoms with Crippen molar-refractivity contribution in [3.63, 3.8) is 0 Å². The number of hydrogen-bond acceptors (Lipinski definition) is 3. The molecule has 0 fully saturated rings. The number of nitrogens with zero attached hydrogens (tertiary/aromatic N) is 1. The molecule has 0 aliphatic rings. The van der Waals surface area contributed by atoms with Gasteiger partial charge in [-0.25, -0.2) is 4.98 Å². The molecule has 0 radical (unpaired) electrons. The van der Waals surface area contributed by atoms with E-state index in [0.717, 1.165) is 0 Å². The van der Waals surface area contributed by atoms with Gasteiger partial charge in [0, 0.05) is 0 Å². The van der Waals surface area contributed by atoms with Gasteiger partial charge in [-0.15, -0.1) is 0 Å². The number of nitrogens with two attached hydrogens (primary N) is 1. The van der Waals surface area contributed by atoms with E-state index in [4.69, 9.17) is 5.73 Å². The van der Waals surface area contributed by atoms with E-state index in [1.165, 1.54) is 6.20 Å². The first-order valence-electron chi connectivity index (χ1n) is 3.94. The molecule has 0 amide bonds. The zero-order valence-corrected chi connectivity index (χ0v) is 7.70. The van der Waals surface area contributed by atoms with Gasteiger partial charge in [-0.05, 0) is 31.9 Å².